The van der Waals surface area contributed by atoms with Gasteiger partial charge in [-0.1, -0.05) is 18.2 Å². The van der Waals surface area contributed by atoms with E-state index in [0.29, 0.717) is 6.54 Å². The van der Waals surface area contributed by atoms with Crippen molar-refractivity contribution in [3.05, 3.63) is 58.0 Å². The van der Waals surface area contributed by atoms with Gasteiger partial charge in [0.2, 0.25) is 5.91 Å². The van der Waals surface area contributed by atoms with Gasteiger partial charge in [-0.25, -0.2) is 4.39 Å². The second-order valence-electron chi connectivity index (χ2n) is 5.32. The molecule has 3 rings (SSSR count). The number of nitrogens with zero attached hydrogens (tertiary/aromatic N) is 1. The van der Waals surface area contributed by atoms with Crippen molar-refractivity contribution in [1.82, 2.24) is 4.90 Å². The fraction of sp³-hybridized carbons (Fsp3) is 0.312. The van der Waals surface area contributed by atoms with Crippen molar-refractivity contribution in [2.45, 2.75) is 31.5 Å². The van der Waals surface area contributed by atoms with E-state index in [1.54, 1.807) is 11.0 Å². The summed E-state index contributed by atoms with van der Waals surface area (Å²) in [6.45, 7) is 0.417. The Hall–Kier alpha value is -1.72. The van der Waals surface area contributed by atoms with Gasteiger partial charge in [0, 0.05) is 17.5 Å². The van der Waals surface area contributed by atoms with Gasteiger partial charge in [0.25, 0.3) is 0 Å². The van der Waals surface area contributed by atoms with Crippen molar-refractivity contribution in [1.29, 1.82) is 0 Å². The van der Waals surface area contributed by atoms with Gasteiger partial charge in [0.05, 0.1) is 0 Å². The van der Waals surface area contributed by atoms with Crippen LogP contribution in [0, 0.1) is 5.82 Å². The summed E-state index contributed by atoms with van der Waals surface area (Å²) in [5.74, 6) is -0.359. The summed E-state index contributed by atoms with van der Waals surface area (Å²) >= 11 is 1.49. The van der Waals surface area contributed by atoms with E-state index < -0.39 is 6.04 Å². The van der Waals surface area contributed by atoms with Gasteiger partial charge in [-0.05, 0) is 42.0 Å². The van der Waals surface area contributed by atoms with Crippen LogP contribution in [0.2, 0.25) is 0 Å². The molecule has 1 aromatic heterocycles. The molecule has 0 aliphatic heterocycles. The van der Waals surface area contributed by atoms with Crippen LogP contribution in [0.25, 0.3) is 0 Å². The molecule has 1 fully saturated rings. The van der Waals surface area contributed by atoms with Gasteiger partial charge < -0.3 is 10.6 Å². The first-order valence-corrected chi connectivity index (χ1v) is 7.87. The van der Waals surface area contributed by atoms with Crippen LogP contribution in [0.3, 0.4) is 0 Å². The molecular weight excluding hydrogens is 287 g/mol. The second-order valence-corrected chi connectivity index (χ2v) is 6.30. The highest BCUT2D eigenvalue weighted by Gasteiger charge is 2.35. The van der Waals surface area contributed by atoms with Crippen LogP contribution in [-0.4, -0.2) is 16.8 Å². The van der Waals surface area contributed by atoms with E-state index in [1.165, 1.54) is 23.5 Å². The van der Waals surface area contributed by atoms with Gasteiger partial charge in [0.1, 0.15) is 11.9 Å². The number of carbonyl (C=O) groups excluding carboxylic acids is 1. The largest absolute Gasteiger partial charge is 0.334 e. The minimum atomic E-state index is -0.626. The monoisotopic (exact) mass is 304 g/mol. The van der Waals surface area contributed by atoms with Crippen molar-refractivity contribution >= 4 is 17.2 Å². The molecule has 21 heavy (non-hydrogen) atoms. The third-order valence-electron chi connectivity index (χ3n) is 3.63. The van der Waals surface area contributed by atoms with Gasteiger partial charge >= 0.3 is 0 Å². The zero-order valence-electron chi connectivity index (χ0n) is 11.5. The molecular formula is C16H17FN2OS. The van der Waals surface area contributed by atoms with Crippen molar-refractivity contribution in [2.24, 2.45) is 5.73 Å². The standard InChI is InChI=1S/C16H17FN2OS/c17-12-4-1-3-11(9-12)10-19(13-6-7-13)16(20)15(18)14-5-2-8-21-14/h1-5,8-9,13,15H,6-7,10,18H2. The molecule has 3 nitrogen and oxygen atoms in total. The van der Waals surface area contributed by atoms with E-state index in [9.17, 15) is 9.18 Å². The Morgan fingerprint density at radius 3 is 2.81 bits per heavy atom. The summed E-state index contributed by atoms with van der Waals surface area (Å²) in [6, 6.07) is 9.76. The normalized spacial score (nSPS) is 15.7. The van der Waals surface area contributed by atoms with Crippen LogP contribution < -0.4 is 5.73 Å². The smallest absolute Gasteiger partial charge is 0.245 e. The Labute approximate surface area is 127 Å². The van der Waals surface area contributed by atoms with E-state index >= 15 is 0 Å². The van der Waals surface area contributed by atoms with Crippen molar-refractivity contribution in [3.63, 3.8) is 0 Å². The van der Waals surface area contributed by atoms with Crippen LogP contribution in [0.5, 0.6) is 0 Å². The summed E-state index contributed by atoms with van der Waals surface area (Å²) in [4.78, 5) is 15.3. The lowest BCUT2D eigenvalue weighted by molar-refractivity contribution is -0.133. The molecule has 1 atom stereocenters. The summed E-state index contributed by atoms with van der Waals surface area (Å²) in [7, 11) is 0. The molecule has 1 saturated carbocycles. The highest BCUT2D eigenvalue weighted by atomic mass is 32.1. The number of amides is 1. The Kier molecular flexibility index (Phi) is 4.03. The van der Waals surface area contributed by atoms with Gasteiger partial charge in [-0.15, -0.1) is 11.3 Å². The zero-order valence-corrected chi connectivity index (χ0v) is 12.4. The van der Waals surface area contributed by atoms with Crippen LogP contribution in [0.1, 0.15) is 29.3 Å². The molecule has 2 aromatic rings. The lowest BCUT2D eigenvalue weighted by Crippen LogP contribution is -2.39. The van der Waals surface area contributed by atoms with Gasteiger partial charge in [0.15, 0.2) is 0 Å². The molecule has 1 aromatic carbocycles. The SMILES string of the molecule is NC(C(=O)N(Cc1cccc(F)c1)C1CC1)c1cccs1. The number of halogens is 1. The molecule has 0 radical (unpaired) electrons. The number of hydrogen-bond donors (Lipinski definition) is 1. The van der Waals surface area contributed by atoms with Crippen LogP contribution in [-0.2, 0) is 11.3 Å². The first-order valence-electron chi connectivity index (χ1n) is 6.99. The number of nitrogens with two attached hydrogens (primary N) is 1. The van der Waals surface area contributed by atoms with Crippen LogP contribution in [0.4, 0.5) is 4.39 Å². The third-order valence-corrected chi connectivity index (χ3v) is 4.58. The Bertz CT molecular complexity index is 625. The van der Waals surface area contributed by atoms with Gasteiger partial charge in [-0.2, -0.15) is 0 Å². The number of thiophene rings is 1. The Morgan fingerprint density at radius 1 is 1.38 bits per heavy atom. The van der Waals surface area contributed by atoms with Crippen molar-refractivity contribution in [2.75, 3.05) is 0 Å². The van der Waals surface area contributed by atoms with Crippen LogP contribution in [0.15, 0.2) is 41.8 Å². The van der Waals surface area contributed by atoms with Crippen molar-refractivity contribution < 1.29 is 9.18 Å². The number of benzene rings is 1. The molecule has 5 heteroatoms. The molecule has 0 saturated heterocycles. The van der Waals surface area contributed by atoms with E-state index in [1.807, 2.05) is 23.6 Å². The molecule has 2 N–H and O–H groups in total. The average Bonchev–Trinajstić information content (AvgIpc) is 3.17. The lowest BCUT2D eigenvalue weighted by atomic mass is 10.1. The molecule has 1 aliphatic rings. The summed E-state index contributed by atoms with van der Waals surface area (Å²) in [5.41, 5.74) is 6.88. The van der Waals surface area contributed by atoms with E-state index in [-0.39, 0.29) is 17.8 Å². The molecule has 1 unspecified atom stereocenters. The maximum Gasteiger partial charge on any atom is 0.245 e. The van der Waals surface area contributed by atoms with E-state index in [2.05, 4.69) is 0 Å². The fourth-order valence-corrected chi connectivity index (χ4v) is 3.09. The first-order chi connectivity index (χ1) is 10.1. The molecule has 1 amide bonds. The predicted molar refractivity (Wildman–Crippen MR) is 81.2 cm³/mol. The fourth-order valence-electron chi connectivity index (χ4n) is 2.37. The maximum absolute atomic E-state index is 13.3. The minimum Gasteiger partial charge on any atom is -0.334 e. The average molecular weight is 304 g/mol. The highest BCUT2D eigenvalue weighted by Crippen LogP contribution is 2.31. The summed E-state index contributed by atoms with van der Waals surface area (Å²) in [6.07, 6.45) is 2.00. The molecule has 1 aliphatic carbocycles. The first kappa shape index (κ1) is 14.2. The predicted octanol–water partition coefficient (Wildman–Crippen LogP) is 3.08. The Morgan fingerprint density at radius 2 is 2.19 bits per heavy atom. The van der Waals surface area contributed by atoms with Gasteiger partial charge in [-0.3, -0.25) is 4.79 Å². The summed E-state index contributed by atoms with van der Waals surface area (Å²) in [5, 5.41) is 1.91. The molecule has 0 bridgehead atoms. The Balaban J connectivity index is 1.77. The number of carbonyl (C=O) groups is 1. The number of hydrogen-bond acceptors (Lipinski definition) is 3. The maximum atomic E-state index is 13.3. The van der Waals surface area contributed by atoms with Crippen LogP contribution >= 0.6 is 11.3 Å². The van der Waals surface area contributed by atoms with E-state index in [4.69, 9.17) is 5.73 Å². The number of rotatable bonds is 5. The summed E-state index contributed by atoms with van der Waals surface area (Å²) < 4.78 is 13.3. The minimum absolute atomic E-state index is 0.0794. The molecule has 0 spiro atoms. The topological polar surface area (TPSA) is 46.3 Å². The zero-order chi connectivity index (χ0) is 14.8. The molecule has 1 heterocycles. The third kappa shape index (κ3) is 3.31. The second kappa shape index (κ2) is 5.95. The van der Waals surface area contributed by atoms with Crippen molar-refractivity contribution in [3.8, 4) is 0 Å². The highest BCUT2D eigenvalue weighted by molar-refractivity contribution is 7.10. The quantitative estimate of drug-likeness (QED) is 0.922. The molecule has 110 valence electrons. The lowest BCUT2D eigenvalue weighted by Gasteiger charge is -2.25. The van der Waals surface area contributed by atoms with E-state index in [0.717, 1.165) is 23.3 Å².